The molecule has 0 unspecified atom stereocenters. The molecule has 2 N–H and O–H groups in total. The molecule has 9 heteroatoms. The fourth-order valence-corrected chi connectivity index (χ4v) is 7.86. The summed E-state index contributed by atoms with van der Waals surface area (Å²) in [5, 5.41) is 0. The summed E-state index contributed by atoms with van der Waals surface area (Å²) < 4.78 is 26.5. The van der Waals surface area contributed by atoms with Gasteiger partial charge in [-0.2, -0.15) is 0 Å². The zero-order valence-electron chi connectivity index (χ0n) is 37.1. The van der Waals surface area contributed by atoms with Crippen molar-refractivity contribution in [3.63, 3.8) is 0 Å². The van der Waals surface area contributed by atoms with Crippen LogP contribution in [-0.2, 0) is 28.2 Å². The lowest BCUT2D eigenvalue weighted by Gasteiger charge is -2.18. The quantitative estimate of drug-likeness (QED) is 0.0354. The van der Waals surface area contributed by atoms with Crippen molar-refractivity contribution < 1.29 is 37.9 Å². The number of ether oxygens (including phenoxy) is 2. The van der Waals surface area contributed by atoms with Gasteiger partial charge in [0.05, 0.1) is 6.61 Å². The summed E-state index contributed by atoms with van der Waals surface area (Å²) in [5.74, 6) is -0.863. The van der Waals surface area contributed by atoms with Crippen LogP contribution < -0.4 is 0 Å². The van der Waals surface area contributed by atoms with E-state index in [2.05, 4.69) is 18.4 Å². The third-order valence-electron chi connectivity index (χ3n) is 11.1. The first-order chi connectivity index (χ1) is 27.3. The highest BCUT2D eigenvalue weighted by molar-refractivity contribution is 7.46. The number of carbonyl (C=O) groups is 2. The molecule has 0 aliphatic rings. The Morgan fingerprint density at radius 1 is 0.393 bits per heavy atom. The molecular formula is C47H93O8P. The van der Waals surface area contributed by atoms with Crippen molar-refractivity contribution in [3.05, 3.63) is 0 Å². The lowest BCUT2D eigenvalue weighted by molar-refractivity contribution is -0.161. The molecule has 0 saturated heterocycles. The first-order valence-corrected chi connectivity index (χ1v) is 25.9. The Hall–Kier alpha value is -0.950. The molecule has 0 bridgehead atoms. The number of phosphoric acid groups is 1. The lowest BCUT2D eigenvalue weighted by Crippen LogP contribution is -2.29. The Labute approximate surface area is 346 Å². The maximum Gasteiger partial charge on any atom is 0.469 e. The SMILES string of the molecule is CCCCCCCCCCCCCCCCCCCCCCCCCC(=O)O[C@H](COC(=O)CCCCCCCCCCCCCCCCC)COP(=O)(O)O. The van der Waals surface area contributed by atoms with E-state index in [1.165, 1.54) is 205 Å². The van der Waals surface area contributed by atoms with Crippen LogP contribution in [0.1, 0.15) is 271 Å². The molecule has 8 nitrogen and oxygen atoms in total. The van der Waals surface area contributed by atoms with E-state index >= 15 is 0 Å². The van der Waals surface area contributed by atoms with Crippen LogP contribution in [0.15, 0.2) is 0 Å². The van der Waals surface area contributed by atoms with Crippen LogP contribution in [0.2, 0.25) is 0 Å². The number of carbonyl (C=O) groups excluding carboxylic acids is 2. The molecule has 0 aliphatic carbocycles. The molecule has 0 aromatic heterocycles. The van der Waals surface area contributed by atoms with Gasteiger partial charge < -0.3 is 19.3 Å². The van der Waals surface area contributed by atoms with Crippen molar-refractivity contribution in [2.24, 2.45) is 0 Å². The minimum absolute atomic E-state index is 0.221. The third kappa shape index (κ3) is 45.7. The summed E-state index contributed by atoms with van der Waals surface area (Å²) in [6.45, 7) is 3.74. The summed E-state index contributed by atoms with van der Waals surface area (Å²) >= 11 is 0. The van der Waals surface area contributed by atoms with E-state index in [1.807, 2.05) is 0 Å². The predicted octanol–water partition coefficient (Wildman–Crippen LogP) is 15.2. The van der Waals surface area contributed by atoms with Gasteiger partial charge in [0, 0.05) is 12.8 Å². The fraction of sp³-hybridized carbons (Fsp3) is 0.957. The monoisotopic (exact) mass is 817 g/mol. The number of hydrogen-bond donors (Lipinski definition) is 2. The molecular weight excluding hydrogens is 723 g/mol. The Morgan fingerprint density at radius 3 is 0.911 bits per heavy atom. The van der Waals surface area contributed by atoms with Crippen molar-refractivity contribution in [2.75, 3.05) is 13.2 Å². The number of esters is 2. The van der Waals surface area contributed by atoms with E-state index < -0.39 is 32.5 Å². The summed E-state index contributed by atoms with van der Waals surface area (Å²) in [6.07, 6.45) is 48.4. The minimum Gasteiger partial charge on any atom is -0.462 e. The highest BCUT2D eigenvalue weighted by Crippen LogP contribution is 2.36. The van der Waals surface area contributed by atoms with Gasteiger partial charge in [0.2, 0.25) is 0 Å². The molecule has 0 radical (unpaired) electrons. The van der Waals surface area contributed by atoms with Crippen LogP contribution in [0.3, 0.4) is 0 Å². The van der Waals surface area contributed by atoms with Gasteiger partial charge in [0.25, 0.3) is 0 Å². The average Bonchev–Trinajstić information content (AvgIpc) is 3.17. The summed E-state index contributed by atoms with van der Waals surface area (Å²) in [5.41, 5.74) is 0. The maximum atomic E-state index is 12.5. The van der Waals surface area contributed by atoms with Gasteiger partial charge in [-0.15, -0.1) is 0 Å². The summed E-state index contributed by atoms with van der Waals surface area (Å²) in [6, 6.07) is 0. The van der Waals surface area contributed by atoms with Crippen LogP contribution in [0, 0.1) is 0 Å². The largest absolute Gasteiger partial charge is 0.469 e. The Morgan fingerprint density at radius 2 is 0.643 bits per heavy atom. The van der Waals surface area contributed by atoms with E-state index in [0.717, 1.165) is 32.1 Å². The summed E-state index contributed by atoms with van der Waals surface area (Å²) in [4.78, 5) is 43.0. The molecule has 0 aliphatic heterocycles. The molecule has 0 saturated carbocycles. The standard InChI is InChI=1S/C47H93O8P/c1-3-5-7-9-11-13-15-17-19-20-21-22-23-24-25-26-28-30-32-34-36-38-40-42-47(49)55-45(44-54-56(50,51)52)43-53-46(48)41-39-37-35-33-31-29-27-18-16-14-12-10-8-6-4-2/h45H,3-44H2,1-2H3,(H2,50,51,52)/t45-/m1/s1. The molecule has 0 heterocycles. The van der Waals surface area contributed by atoms with E-state index in [1.54, 1.807) is 0 Å². The van der Waals surface area contributed by atoms with Gasteiger partial charge >= 0.3 is 19.8 Å². The molecule has 334 valence electrons. The molecule has 0 spiro atoms. The topological polar surface area (TPSA) is 119 Å². The van der Waals surface area contributed by atoms with Crippen LogP contribution in [0.25, 0.3) is 0 Å². The highest BCUT2D eigenvalue weighted by Gasteiger charge is 2.23. The Balaban J connectivity index is 3.76. The van der Waals surface area contributed by atoms with Crippen molar-refractivity contribution in [1.29, 1.82) is 0 Å². The smallest absolute Gasteiger partial charge is 0.462 e. The Bertz CT molecular complexity index is 878. The van der Waals surface area contributed by atoms with Gasteiger partial charge in [0.15, 0.2) is 6.10 Å². The molecule has 1 atom stereocenters. The van der Waals surface area contributed by atoms with Crippen LogP contribution in [0.4, 0.5) is 0 Å². The molecule has 0 rings (SSSR count). The van der Waals surface area contributed by atoms with E-state index in [0.29, 0.717) is 6.42 Å². The number of unbranched alkanes of at least 4 members (excludes halogenated alkanes) is 36. The van der Waals surface area contributed by atoms with Gasteiger partial charge in [-0.05, 0) is 12.8 Å². The van der Waals surface area contributed by atoms with Crippen LogP contribution in [-0.4, -0.2) is 41.0 Å². The van der Waals surface area contributed by atoms with Gasteiger partial charge in [-0.3, -0.25) is 14.1 Å². The first kappa shape index (κ1) is 55.0. The van der Waals surface area contributed by atoms with Crippen molar-refractivity contribution >= 4 is 19.8 Å². The predicted molar refractivity (Wildman–Crippen MR) is 235 cm³/mol. The zero-order valence-corrected chi connectivity index (χ0v) is 38.0. The van der Waals surface area contributed by atoms with Crippen molar-refractivity contribution in [3.8, 4) is 0 Å². The summed E-state index contributed by atoms with van der Waals surface area (Å²) in [7, 11) is -4.75. The number of phosphoric ester groups is 1. The van der Waals surface area contributed by atoms with Crippen molar-refractivity contribution in [1.82, 2.24) is 0 Å². The lowest BCUT2D eigenvalue weighted by atomic mass is 10.0. The first-order valence-electron chi connectivity index (χ1n) is 24.3. The zero-order chi connectivity index (χ0) is 41.1. The second kappa shape index (κ2) is 43.6. The fourth-order valence-electron chi connectivity index (χ4n) is 7.49. The molecule has 56 heavy (non-hydrogen) atoms. The highest BCUT2D eigenvalue weighted by atomic mass is 31.2. The molecule has 0 amide bonds. The molecule has 0 fully saturated rings. The second-order valence-corrected chi connectivity index (χ2v) is 18.0. The second-order valence-electron chi connectivity index (χ2n) is 16.8. The van der Waals surface area contributed by atoms with Gasteiger partial charge in [0.1, 0.15) is 6.61 Å². The Kier molecular flexibility index (Phi) is 42.9. The van der Waals surface area contributed by atoms with E-state index in [4.69, 9.17) is 19.3 Å². The number of hydrogen-bond acceptors (Lipinski definition) is 6. The number of rotatable bonds is 46. The molecule has 0 aromatic carbocycles. The van der Waals surface area contributed by atoms with Crippen molar-refractivity contribution in [2.45, 2.75) is 277 Å². The van der Waals surface area contributed by atoms with Gasteiger partial charge in [-0.1, -0.05) is 245 Å². The average molecular weight is 817 g/mol. The van der Waals surface area contributed by atoms with E-state index in [-0.39, 0.29) is 19.4 Å². The maximum absolute atomic E-state index is 12.5. The minimum atomic E-state index is -4.75. The van der Waals surface area contributed by atoms with Crippen LogP contribution in [0.5, 0.6) is 0 Å². The van der Waals surface area contributed by atoms with Gasteiger partial charge in [-0.25, -0.2) is 4.57 Å². The van der Waals surface area contributed by atoms with Crippen LogP contribution >= 0.6 is 7.82 Å². The normalized spacial score (nSPS) is 12.3. The van der Waals surface area contributed by atoms with E-state index in [9.17, 15) is 14.2 Å². The third-order valence-corrected chi connectivity index (χ3v) is 11.6. The molecule has 0 aromatic rings.